The summed E-state index contributed by atoms with van der Waals surface area (Å²) in [4.78, 5) is 12.2. The Balaban J connectivity index is 0.00000264. The number of carbonyl (C=O) groups is 1. The third-order valence-corrected chi connectivity index (χ3v) is 4.38. The van der Waals surface area contributed by atoms with Crippen LogP contribution in [0.15, 0.2) is 18.2 Å². The van der Waals surface area contributed by atoms with Crippen LogP contribution in [0.5, 0.6) is 11.5 Å². The molecule has 1 fully saturated rings. The van der Waals surface area contributed by atoms with Crippen molar-refractivity contribution in [3.63, 3.8) is 0 Å². The second kappa shape index (κ2) is 8.41. The fraction of sp³-hybridized carbons (Fsp3) is 0.588. The first kappa shape index (κ1) is 19.6. The summed E-state index contributed by atoms with van der Waals surface area (Å²) in [6.45, 7) is 2.52. The summed E-state index contributed by atoms with van der Waals surface area (Å²) in [5.74, 6) is 2.04. The number of halogens is 1. The molecule has 0 radical (unpaired) electrons. The van der Waals surface area contributed by atoms with Crippen LogP contribution < -0.4 is 20.5 Å². The molecule has 0 aromatic heterocycles. The summed E-state index contributed by atoms with van der Waals surface area (Å²) in [5, 5.41) is 3.11. The molecule has 23 heavy (non-hydrogen) atoms. The van der Waals surface area contributed by atoms with Gasteiger partial charge in [-0.3, -0.25) is 4.79 Å². The summed E-state index contributed by atoms with van der Waals surface area (Å²) in [7, 11) is 3.24. The predicted molar refractivity (Wildman–Crippen MR) is 93.4 cm³/mol. The number of nitrogens with two attached hydrogens (primary N) is 1. The van der Waals surface area contributed by atoms with E-state index in [1.54, 1.807) is 14.2 Å². The Bertz CT molecular complexity index is 512. The Labute approximate surface area is 144 Å². The van der Waals surface area contributed by atoms with E-state index in [4.69, 9.17) is 15.2 Å². The van der Waals surface area contributed by atoms with Crippen LogP contribution in [0, 0.1) is 5.92 Å². The molecule has 0 saturated heterocycles. The number of hydrogen-bond acceptors (Lipinski definition) is 4. The van der Waals surface area contributed by atoms with E-state index in [1.165, 1.54) is 0 Å². The third kappa shape index (κ3) is 5.29. The lowest BCUT2D eigenvalue weighted by atomic mass is 9.95. The van der Waals surface area contributed by atoms with Gasteiger partial charge in [-0.1, -0.05) is 0 Å². The van der Waals surface area contributed by atoms with Crippen LogP contribution in [0.4, 0.5) is 0 Å². The fourth-order valence-corrected chi connectivity index (χ4v) is 2.69. The quantitative estimate of drug-likeness (QED) is 0.760. The first-order valence-corrected chi connectivity index (χ1v) is 7.74. The van der Waals surface area contributed by atoms with E-state index in [0.717, 1.165) is 29.9 Å². The highest BCUT2D eigenvalue weighted by Crippen LogP contribution is 2.39. The van der Waals surface area contributed by atoms with E-state index in [2.05, 4.69) is 5.32 Å². The van der Waals surface area contributed by atoms with Crippen molar-refractivity contribution in [2.45, 2.75) is 38.1 Å². The maximum Gasteiger partial charge on any atom is 0.220 e. The van der Waals surface area contributed by atoms with Crippen molar-refractivity contribution in [2.75, 3.05) is 20.8 Å². The molecule has 130 valence electrons. The molecule has 1 amide bonds. The summed E-state index contributed by atoms with van der Waals surface area (Å²) in [6, 6.07) is 5.68. The smallest absolute Gasteiger partial charge is 0.220 e. The van der Waals surface area contributed by atoms with Gasteiger partial charge in [-0.05, 0) is 49.8 Å². The number of aryl methyl sites for hydroxylation is 1. The topological polar surface area (TPSA) is 73.6 Å². The molecular formula is C17H27ClN2O3. The second-order valence-corrected chi connectivity index (χ2v) is 6.16. The summed E-state index contributed by atoms with van der Waals surface area (Å²) in [6.07, 6.45) is 3.38. The van der Waals surface area contributed by atoms with Crippen LogP contribution in [0.2, 0.25) is 0 Å². The average molecular weight is 343 g/mol. The lowest BCUT2D eigenvalue weighted by Gasteiger charge is -2.29. The zero-order chi connectivity index (χ0) is 16.2. The lowest BCUT2D eigenvalue weighted by molar-refractivity contribution is -0.123. The van der Waals surface area contributed by atoms with E-state index in [1.807, 2.05) is 25.1 Å². The molecule has 1 saturated carbocycles. The number of ether oxygens (including phenoxy) is 2. The minimum Gasteiger partial charge on any atom is -0.497 e. The van der Waals surface area contributed by atoms with Crippen LogP contribution in [-0.2, 0) is 11.2 Å². The third-order valence-electron chi connectivity index (χ3n) is 4.38. The number of carbonyl (C=O) groups excluding carboxylic acids is 1. The van der Waals surface area contributed by atoms with Gasteiger partial charge in [0.25, 0.3) is 0 Å². The molecule has 6 heteroatoms. The van der Waals surface area contributed by atoms with Crippen LogP contribution >= 0.6 is 12.4 Å². The molecule has 0 spiro atoms. The largest absolute Gasteiger partial charge is 0.497 e. The Hall–Kier alpha value is -1.46. The number of hydrogen-bond donors (Lipinski definition) is 2. The number of amides is 1. The molecule has 1 aromatic rings. The molecule has 1 aliphatic rings. The van der Waals surface area contributed by atoms with Gasteiger partial charge in [-0.2, -0.15) is 0 Å². The first-order valence-electron chi connectivity index (χ1n) is 7.74. The van der Waals surface area contributed by atoms with E-state index in [9.17, 15) is 4.79 Å². The van der Waals surface area contributed by atoms with Crippen molar-refractivity contribution in [1.29, 1.82) is 0 Å². The molecule has 1 atom stereocenters. The number of nitrogens with one attached hydrogen (secondary N) is 1. The molecule has 3 N–H and O–H groups in total. The van der Waals surface area contributed by atoms with Crippen LogP contribution in [0.25, 0.3) is 0 Å². The van der Waals surface area contributed by atoms with Gasteiger partial charge in [-0.25, -0.2) is 0 Å². The van der Waals surface area contributed by atoms with Gasteiger partial charge in [0.15, 0.2) is 0 Å². The van der Waals surface area contributed by atoms with E-state index >= 15 is 0 Å². The highest BCUT2D eigenvalue weighted by atomic mass is 35.5. The first-order chi connectivity index (χ1) is 10.5. The van der Waals surface area contributed by atoms with Gasteiger partial charge >= 0.3 is 0 Å². The maximum atomic E-state index is 12.2. The molecule has 1 unspecified atom stereocenters. The lowest BCUT2D eigenvalue weighted by Crippen LogP contribution is -2.53. The van der Waals surface area contributed by atoms with Crippen molar-refractivity contribution in [1.82, 2.24) is 5.32 Å². The molecule has 1 aromatic carbocycles. The molecule has 0 aliphatic heterocycles. The van der Waals surface area contributed by atoms with Crippen molar-refractivity contribution in [2.24, 2.45) is 11.7 Å². The van der Waals surface area contributed by atoms with Crippen molar-refractivity contribution < 1.29 is 14.3 Å². The minimum atomic E-state index is -0.261. The van der Waals surface area contributed by atoms with Gasteiger partial charge < -0.3 is 20.5 Å². The molecule has 0 heterocycles. The normalized spacial score (nSPS) is 16.0. The number of rotatable bonds is 8. The molecule has 2 rings (SSSR count). The van der Waals surface area contributed by atoms with Gasteiger partial charge in [-0.15, -0.1) is 12.4 Å². The van der Waals surface area contributed by atoms with Gasteiger partial charge in [0.2, 0.25) is 5.91 Å². The van der Waals surface area contributed by atoms with Crippen LogP contribution in [0.1, 0.15) is 31.7 Å². The van der Waals surface area contributed by atoms with Crippen LogP contribution in [-0.4, -0.2) is 32.2 Å². The van der Waals surface area contributed by atoms with Gasteiger partial charge in [0.1, 0.15) is 11.5 Å². The highest BCUT2D eigenvalue weighted by molar-refractivity contribution is 5.85. The zero-order valence-electron chi connectivity index (χ0n) is 14.1. The number of methoxy groups -OCH3 is 2. The van der Waals surface area contributed by atoms with E-state index in [0.29, 0.717) is 25.3 Å². The summed E-state index contributed by atoms with van der Waals surface area (Å²) >= 11 is 0. The van der Waals surface area contributed by atoms with Gasteiger partial charge in [0.05, 0.1) is 19.8 Å². The standard InChI is InChI=1S/C17H26N2O3.ClH/c1-17(11-18,13-5-6-13)19-16(20)7-4-12-8-14(21-2)10-15(9-12)22-3;/h8-10,13H,4-7,11,18H2,1-3H3,(H,19,20);1H. The Kier molecular flexibility index (Phi) is 7.16. The SMILES string of the molecule is COc1cc(CCC(=O)NC(C)(CN)C2CC2)cc(OC)c1.Cl. The Morgan fingerprint density at radius 1 is 1.26 bits per heavy atom. The van der Waals surface area contributed by atoms with Crippen molar-refractivity contribution in [3.05, 3.63) is 23.8 Å². The average Bonchev–Trinajstić information content (AvgIpc) is 3.37. The molecule has 0 bridgehead atoms. The Morgan fingerprint density at radius 2 is 1.83 bits per heavy atom. The van der Waals surface area contributed by atoms with E-state index in [-0.39, 0.29) is 23.9 Å². The van der Waals surface area contributed by atoms with Crippen molar-refractivity contribution >= 4 is 18.3 Å². The number of benzene rings is 1. The fourth-order valence-electron chi connectivity index (χ4n) is 2.69. The second-order valence-electron chi connectivity index (χ2n) is 6.16. The minimum absolute atomic E-state index is 0. The summed E-state index contributed by atoms with van der Waals surface area (Å²) < 4.78 is 10.5. The molecule has 1 aliphatic carbocycles. The van der Waals surface area contributed by atoms with Crippen molar-refractivity contribution in [3.8, 4) is 11.5 Å². The highest BCUT2D eigenvalue weighted by Gasteiger charge is 2.41. The molecular weight excluding hydrogens is 316 g/mol. The maximum absolute atomic E-state index is 12.2. The van der Waals surface area contributed by atoms with E-state index < -0.39 is 0 Å². The Morgan fingerprint density at radius 3 is 2.26 bits per heavy atom. The monoisotopic (exact) mass is 342 g/mol. The van der Waals surface area contributed by atoms with Gasteiger partial charge in [0, 0.05) is 19.0 Å². The summed E-state index contributed by atoms with van der Waals surface area (Å²) in [5.41, 5.74) is 6.59. The molecule has 5 nitrogen and oxygen atoms in total. The zero-order valence-corrected chi connectivity index (χ0v) is 14.9. The predicted octanol–water partition coefficient (Wildman–Crippen LogP) is 2.30. The van der Waals surface area contributed by atoms with Crippen LogP contribution in [0.3, 0.4) is 0 Å².